The first-order chi connectivity index (χ1) is 11.3. The van der Waals surface area contributed by atoms with Crippen LogP contribution in [-0.2, 0) is 11.2 Å². The molecule has 0 saturated heterocycles. The van der Waals surface area contributed by atoms with Crippen LogP contribution in [-0.4, -0.2) is 16.0 Å². The molecule has 0 radical (unpaired) electrons. The molecule has 0 spiro atoms. The number of benzene rings is 1. The molecular formula is C18H19N3O2. The summed E-state index contributed by atoms with van der Waals surface area (Å²) in [5.41, 5.74) is 3.54. The van der Waals surface area contributed by atoms with Crippen molar-refractivity contribution in [3.8, 4) is 11.4 Å². The van der Waals surface area contributed by atoms with E-state index < -0.39 is 0 Å². The number of carbonyl (C=O) groups excluding carboxylic acids is 1. The van der Waals surface area contributed by atoms with Gasteiger partial charge in [-0.2, -0.15) is 4.98 Å². The summed E-state index contributed by atoms with van der Waals surface area (Å²) in [6, 6.07) is 6.48. The maximum Gasteiger partial charge on any atom is 0.230 e. The highest BCUT2D eigenvalue weighted by Crippen LogP contribution is 2.40. The van der Waals surface area contributed by atoms with Gasteiger partial charge in [0.2, 0.25) is 17.6 Å². The molecule has 5 nitrogen and oxygen atoms in total. The van der Waals surface area contributed by atoms with Gasteiger partial charge in [0.05, 0.1) is 6.04 Å². The summed E-state index contributed by atoms with van der Waals surface area (Å²) < 4.78 is 5.35. The average Bonchev–Trinajstić information content (AvgIpc) is 3.50. The lowest BCUT2D eigenvalue weighted by Crippen LogP contribution is -2.28. The second kappa shape index (κ2) is 4.91. The molecule has 1 amide bonds. The van der Waals surface area contributed by atoms with Crippen LogP contribution in [0.15, 0.2) is 22.7 Å². The second-order valence-electron chi connectivity index (χ2n) is 7.02. The van der Waals surface area contributed by atoms with E-state index in [0.29, 0.717) is 11.7 Å². The van der Waals surface area contributed by atoms with Gasteiger partial charge in [0.1, 0.15) is 0 Å². The lowest BCUT2D eigenvalue weighted by atomic mass is 10.0. The van der Waals surface area contributed by atoms with Crippen molar-refractivity contribution in [2.45, 2.75) is 50.5 Å². The van der Waals surface area contributed by atoms with E-state index in [1.807, 2.05) is 6.07 Å². The quantitative estimate of drug-likeness (QED) is 0.942. The van der Waals surface area contributed by atoms with Crippen molar-refractivity contribution in [3.05, 3.63) is 35.2 Å². The zero-order valence-electron chi connectivity index (χ0n) is 12.9. The Hall–Kier alpha value is -2.17. The topological polar surface area (TPSA) is 68.0 Å². The molecule has 5 heteroatoms. The molecule has 1 heterocycles. The molecule has 23 heavy (non-hydrogen) atoms. The predicted octanol–water partition coefficient (Wildman–Crippen LogP) is 3.13. The fourth-order valence-electron chi connectivity index (χ4n) is 3.39. The minimum Gasteiger partial charge on any atom is -0.349 e. The van der Waals surface area contributed by atoms with E-state index in [4.69, 9.17) is 4.52 Å². The van der Waals surface area contributed by atoms with Gasteiger partial charge >= 0.3 is 0 Å². The number of hydrogen-bond donors (Lipinski definition) is 1. The Morgan fingerprint density at radius 1 is 1.17 bits per heavy atom. The number of fused-ring (bicyclic) bond motifs is 1. The van der Waals surface area contributed by atoms with E-state index in [1.165, 1.54) is 11.1 Å². The van der Waals surface area contributed by atoms with Gasteiger partial charge in [-0.1, -0.05) is 17.3 Å². The zero-order valence-corrected chi connectivity index (χ0v) is 12.9. The van der Waals surface area contributed by atoms with Crippen LogP contribution in [0.4, 0.5) is 0 Å². The molecule has 0 aliphatic heterocycles. The molecule has 3 aliphatic rings. The average molecular weight is 309 g/mol. The first-order valence-corrected chi connectivity index (χ1v) is 8.55. The third-order valence-electron chi connectivity index (χ3n) is 5.11. The molecule has 1 aromatic carbocycles. The summed E-state index contributed by atoms with van der Waals surface area (Å²) in [6.07, 6.45) is 6.39. The third kappa shape index (κ3) is 2.44. The Morgan fingerprint density at radius 3 is 2.83 bits per heavy atom. The van der Waals surface area contributed by atoms with Crippen LogP contribution in [0.3, 0.4) is 0 Å². The monoisotopic (exact) mass is 309 g/mol. The fraction of sp³-hybridized carbons (Fsp3) is 0.500. The van der Waals surface area contributed by atoms with Crippen LogP contribution in [0, 0.1) is 5.92 Å². The highest BCUT2D eigenvalue weighted by atomic mass is 16.5. The SMILES string of the molecule is O=C(NC1CCc2cc(-c3noc(C4CC4)n3)ccc21)C1CC1. The van der Waals surface area contributed by atoms with Gasteiger partial charge in [-0.3, -0.25) is 4.79 Å². The van der Waals surface area contributed by atoms with Crippen molar-refractivity contribution in [3.63, 3.8) is 0 Å². The number of aromatic nitrogens is 2. The highest BCUT2D eigenvalue weighted by molar-refractivity contribution is 5.81. The van der Waals surface area contributed by atoms with Gasteiger partial charge in [0, 0.05) is 17.4 Å². The Balaban J connectivity index is 1.38. The van der Waals surface area contributed by atoms with E-state index in [2.05, 4.69) is 27.6 Å². The lowest BCUT2D eigenvalue weighted by molar-refractivity contribution is -0.123. The normalized spacial score (nSPS) is 22.9. The number of rotatable bonds is 4. The van der Waals surface area contributed by atoms with Crippen LogP contribution >= 0.6 is 0 Å². The number of hydrogen-bond acceptors (Lipinski definition) is 4. The van der Waals surface area contributed by atoms with Gasteiger partial charge in [0.25, 0.3) is 0 Å². The van der Waals surface area contributed by atoms with Gasteiger partial charge < -0.3 is 9.84 Å². The Kier molecular flexibility index (Phi) is 2.84. The first kappa shape index (κ1) is 13.3. The van der Waals surface area contributed by atoms with Gasteiger partial charge in [-0.25, -0.2) is 0 Å². The van der Waals surface area contributed by atoms with E-state index in [1.54, 1.807) is 0 Å². The smallest absolute Gasteiger partial charge is 0.230 e. The van der Waals surface area contributed by atoms with E-state index in [9.17, 15) is 4.79 Å². The molecule has 2 saturated carbocycles. The van der Waals surface area contributed by atoms with Crippen molar-refractivity contribution in [2.75, 3.05) is 0 Å². The summed E-state index contributed by atoms with van der Waals surface area (Å²) in [6.45, 7) is 0. The highest BCUT2D eigenvalue weighted by Gasteiger charge is 2.33. The molecule has 1 atom stereocenters. The summed E-state index contributed by atoms with van der Waals surface area (Å²) in [5.74, 6) is 2.42. The van der Waals surface area contributed by atoms with Crippen molar-refractivity contribution < 1.29 is 9.32 Å². The number of nitrogens with one attached hydrogen (secondary N) is 1. The van der Waals surface area contributed by atoms with Crippen LogP contribution in [0.5, 0.6) is 0 Å². The third-order valence-corrected chi connectivity index (χ3v) is 5.11. The summed E-state index contributed by atoms with van der Waals surface area (Å²) in [4.78, 5) is 16.5. The molecule has 118 valence electrons. The van der Waals surface area contributed by atoms with Crippen molar-refractivity contribution in [1.82, 2.24) is 15.5 Å². The van der Waals surface area contributed by atoms with Crippen molar-refractivity contribution in [1.29, 1.82) is 0 Å². The Labute approximate surface area is 134 Å². The van der Waals surface area contributed by atoms with Crippen LogP contribution in [0.1, 0.15) is 61.1 Å². The number of amides is 1. The van der Waals surface area contributed by atoms with E-state index in [0.717, 1.165) is 50.0 Å². The Bertz CT molecular complexity index is 774. The van der Waals surface area contributed by atoms with Crippen molar-refractivity contribution >= 4 is 5.91 Å². The molecule has 3 aliphatic carbocycles. The number of nitrogens with zero attached hydrogens (tertiary/aromatic N) is 2. The summed E-state index contributed by atoms with van der Waals surface area (Å²) in [7, 11) is 0. The molecule has 0 bridgehead atoms. The molecule has 1 unspecified atom stereocenters. The number of carbonyl (C=O) groups is 1. The van der Waals surface area contributed by atoms with Crippen molar-refractivity contribution in [2.24, 2.45) is 5.92 Å². The maximum absolute atomic E-state index is 12.0. The molecule has 2 aromatic rings. The van der Waals surface area contributed by atoms with Crippen LogP contribution in [0.2, 0.25) is 0 Å². The van der Waals surface area contributed by atoms with E-state index >= 15 is 0 Å². The van der Waals surface area contributed by atoms with Crippen LogP contribution in [0.25, 0.3) is 11.4 Å². The maximum atomic E-state index is 12.0. The largest absolute Gasteiger partial charge is 0.349 e. The zero-order chi connectivity index (χ0) is 15.4. The molecule has 1 N–H and O–H groups in total. The first-order valence-electron chi connectivity index (χ1n) is 8.55. The minimum atomic E-state index is 0.166. The molecule has 5 rings (SSSR count). The molecule has 1 aromatic heterocycles. The predicted molar refractivity (Wildman–Crippen MR) is 83.6 cm³/mol. The summed E-state index contributed by atoms with van der Waals surface area (Å²) in [5, 5.41) is 7.31. The molecule has 2 fully saturated rings. The number of aryl methyl sites for hydroxylation is 1. The standard InChI is InChI=1S/C18H19N3O2/c22-17(10-1-2-10)19-15-8-6-12-9-13(5-7-14(12)15)16-20-18(23-21-16)11-3-4-11/h5,7,9-11,15H,1-4,6,8H2,(H,19,22). The minimum absolute atomic E-state index is 0.166. The van der Waals surface area contributed by atoms with Gasteiger partial charge in [-0.15, -0.1) is 0 Å². The van der Waals surface area contributed by atoms with Crippen LogP contribution < -0.4 is 5.32 Å². The Morgan fingerprint density at radius 2 is 2.04 bits per heavy atom. The second-order valence-corrected chi connectivity index (χ2v) is 7.02. The van der Waals surface area contributed by atoms with Gasteiger partial charge in [0.15, 0.2) is 0 Å². The summed E-state index contributed by atoms with van der Waals surface area (Å²) >= 11 is 0. The van der Waals surface area contributed by atoms with E-state index in [-0.39, 0.29) is 17.9 Å². The fourth-order valence-corrected chi connectivity index (χ4v) is 3.39. The lowest BCUT2D eigenvalue weighted by Gasteiger charge is -2.14. The van der Waals surface area contributed by atoms with Gasteiger partial charge in [-0.05, 0) is 55.7 Å². The molecular weight excluding hydrogens is 290 g/mol.